The predicted octanol–water partition coefficient (Wildman–Crippen LogP) is -2.54. The van der Waals surface area contributed by atoms with Crippen LogP contribution in [0, 0.1) is 5.92 Å². The second-order valence-corrected chi connectivity index (χ2v) is 14.8. The number of guanidine groups is 2. The highest BCUT2D eigenvalue weighted by molar-refractivity contribution is 7.80. The molecule has 1 saturated carbocycles. The molecule has 7 atom stereocenters. The number of hydrogen-bond acceptors (Lipinski definition) is 11. The Hall–Kier alpha value is -4.37. The minimum atomic E-state index is -1.23. The standard InChI is InChI=1S/C35H65N13O7S/c36-15-13-24(32(53)48-26-12-2-1-8-21(26)20-27(48)31(52)47-25(33(54)55)11-7-18-44-35(40)41)46-30(51)23(45-28(49)14-19-56)10-4-6-16-42-29(50)22(37)9-3-5-17-43-34(38)39/h21-27,56H,1-20,36-37H2,(H,42,50)(H,45,49)(H,46,51)(H,47,52)(H,54,55)(H4,38,39,43)(H4,40,41,44)/t21?,22-,23-,24-,25-,26?,27-/m0/s1. The van der Waals surface area contributed by atoms with Crippen molar-refractivity contribution < 1.29 is 33.9 Å². The topological polar surface area (TPSA) is 355 Å². The fraction of sp³-hybridized carbons (Fsp3) is 0.771. The number of carbonyl (C=O) groups excluding carboxylic acids is 5. The van der Waals surface area contributed by atoms with Crippen LogP contribution in [0.4, 0.5) is 0 Å². The van der Waals surface area contributed by atoms with Gasteiger partial charge in [-0.05, 0) is 95.3 Å². The molecule has 2 fully saturated rings. The lowest BCUT2D eigenvalue weighted by Gasteiger charge is -2.36. The Morgan fingerprint density at radius 3 is 2.05 bits per heavy atom. The zero-order valence-electron chi connectivity index (χ0n) is 32.3. The first-order valence-electron chi connectivity index (χ1n) is 19.6. The second kappa shape index (κ2) is 25.7. The molecule has 1 saturated heterocycles. The molecule has 1 aliphatic heterocycles. The number of carbonyl (C=O) groups is 6. The number of amides is 5. The molecule has 17 N–H and O–H groups in total. The third-order valence-electron chi connectivity index (χ3n) is 10.0. The first kappa shape index (κ1) is 47.8. The van der Waals surface area contributed by atoms with E-state index in [2.05, 4.69) is 43.9 Å². The number of likely N-dealkylation sites (tertiary alicyclic amines) is 1. The summed E-state index contributed by atoms with van der Waals surface area (Å²) < 4.78 is 0. The van der Waals surface area contributed by atoms with Crippen molar-refractivity contribution in [1.29, 1.82) is 0 Å². The lowest BCUT2D eigenvalue weighted by molar-refractivity contribution is -0.146. The number of fused-ring (bicyclic) bond motifs is 1. The van der Waals surface area contributed by atoms with Crippen molar-refractivity contribution in [3.8, 4) is 0 Å². The molecule has 20 nitrogen and oxygen atoms in total. The van der Waals surface area contributed by atoms with Crippen molar-refractivity contribution >= 4 is 60.1 Å². The SMILES string of the molecule is NCC[C@H](NC(=O)[C@H](CCCCNC(=O)[C@@H](N)CCCCN=C(N)N)NC(=O)CCS)C(=O)N1C2CCCCC2C[C@H]1C(=O)N[C@@H](CCCN=C(N)N)C(=O)O. The monoisotopic (exact) mass is 811 g/mol. The summed E-state index contributed by atoms with van der Waals surface area (Å²) in [5, 5.41) is 20.8. The summed E-state index contributed by atoms with van der Waals surface area (Å²) in [4.78, 5) is 88.3. The van der Waals surface area contributed by atoms with Gasteiger partial charge in [0.2, 0.25) is 29.5 Å². The van der Waals surface area contributed by atoms with Gasteiger partial charge in [0.15, 0.2) is 11.9 Å². The molecule has 56 heavy (non-hydrogen) atoms. The maximum absolute atomic E-state index is 14.4. The predicted molar refractivity (Wildman–Crippen MR) is 216 cm³/mol. The average Bonchev–Trinajstić information content (AvgIpc) is 3.54. The molecule has 2 aliphatic rings. The molecule has 21 heteroatoms. The van der Waals surface area contributed by atoms with E-state index in [0.29, 0.717) is 64.5 Å². The lowest BCUT2D eigenvalue weighted by atomic mass is 9.84. The summed E-state index contributed by atoms with van der Waals surface area (Å²) >= 11 is 4.12. The van der Waals surface area contributed by atoms with Gasteiger partial charge >= 0.3 is 5.97 Å². The number of rotatable bonds is 26. The first-order chi connectivity index (χ1) is 26.7. The molecule has 0 aromatic carbocycles. The number of thiol groups is 1. The molecule has 318 valence electrons. The third kappa shape index (κ3) is 16.8. The molecule has 0 aromatic rings. The maximum atomic E-state index is 14.4. The van der Waals surface area contributed by atoms with Gasteiger partial charge in [-0.3, -0.25) is 34.0 Å². The third-order valence-corrected chi connectivity index (χ3v) is 10.3. The van der Waals surface area contributed by atoms with Crippen molar-refractivity contribution in [1.82, 2.24) is 26.2 Å². The van der Waals surface area contributed by atoms with E-state index in [1.54, 1.807) is 0 Å². The maximum Gasteiger partial charge on any atom is 0.326 e. The van der Waals surface area contributed by atoms with Gasteiger partial charge in [-0.15, -0.1) is 0 Å². The molecular weight excluding hydrogens is 747 g/mol. The minimum absolute atomic E-state index is 0.00916. The zero-order chi connectivity index (χ0) is 41.6. The van der Waals surface area contributed by atoms with Gasteiger partial charge in [-0.1, -0.05) is 12.8 Å². The Balaban J connectivity index is 2.11. The van der Waals surface area contributed by atoms with Gasteiger partial charge in [0.1, 0.15) is 24.2 Å². The summed E-state index contributed by atoms with van der Waals surface area (Å²) in [6, 6.07) is -5.26. The van der Waals surface area contributed by atoms with Crippen LogP contribution in [0.25, 0.3) is 0 Å². The van der Waals surface area contributed by atoms with E-state index in [0.717, 1.165) is 19.3 Å². The van der Waals surface area contributed by atoms with Crippen LogP contribution in [-0.4, -0.2) is 126 Å². The normalized spacial score (nSPS) is 19.6. The van der Waals surface area contributed by atoms with Crippen LogP contribution >= 0.6 is 12.6 Å². The van der Waals surface area contributed by atoms with Gasteiger partial charge in [-0.2, -0.15) is 12.6 Å². The Kier molecular flexibility index (Phi) is 21.9. The van der Waals surface area contributed by atoms with Crippen molar-refractivity contribution in [2.75, 3.05) is 31.9 Å². The highest BCUT2D eigenvalue weighted by Gasteiger charge is 2.49. The van der Waals surface area contributed by atoms with Crippen molar-refractivity contribution in [2.24, 2.45) is 50.3 Å². The number of carboxylic acids is 1. The number of unbranched alkanes of at least 4 members (excludes halogenated alkanes) is 2. The Morgan fingerprint density at radius 2 is 1.41 bits per heavy atom. The number of aliphatic carboxylic acids is 1. The van der Waals surface area contributed by atoms with Crippen LogP contribution in [-0.2, 0) is 28.8 Å². The van der Waals surface area contributed by atoms with Crippen molar-refractivity contribution in [2.45, 2.75) is 133 Å². The van der Waals surface area contributed by atoms with E-state index in [4.69, 9.17) is 34.4 Å². The molecular formula is C35H65N13O7S. The lowest BCUT2D eigenvalue weighted by Crippen LogP contribution is -2.59. The molecule has 0 spiro atoms. The van der Waals surface area contributed by atoms with E-state index in [1.165, 1.54) is 4.90 Å². The van der Waals surface area contributed by atoms with Gasteiger partial charge < -0.3 is 65.7 Å². The van der Waals surface area contributed by atoms with Gasteiger partial charge in [0, 0.05) is 32.1 Å². The average molecular weight is 812 g/mol. The van der Waals surface area contributed by atoms with E-state index in [1.807, 2.05) is 0 Å². The number of aliphatic imine (C=N–C) groups is 2. The first-order valence-corrected chi connectivity index (χ1v) is 20.2. The van der Waals surface area contributed by atoms with E-state index in [-0.39, 0.29) is 74.3 Å². The Morgan fingerprint density at radius 1 is 0.768 bits per heavy atom. The number of nitrogens with zero attached hydrogens (tertiary/aromatic N) is 3. The summed E-state index contributed by atoms with van der Waals surface area (Å²) in [5.74, 6) is -3.43. The Bertz CT molecular complexity index is 1360. The minimum Gasteiger partial charge on any atom is -0.480 e. The molecule has 0 aromatic heterocycles. The molecule has 0 radical (unpaired) electrons. The molecule has 5 amide bonds. The van der Waals surface area contributed by atoms with Gasteiger partial charge in [0.05, 0.1) is 6.04 Å². The molecule has 2 rings (SSSR count). The molecule has 2 unspecified atom stereocenters. The van der Waals surface area contributed by atoms with Gasteiger partial charge in [0.25, 0.3) is 0 Å². The fourth-order valence-corrected chi connectivity index (χ4v) is 7.39. The number of carboxylic acid groups (broad SMARTS) is 1. The number of nitrogens with one attached hydrogen (secondary N) is 4. The smallest absolute Gasteiger partial charge is 0.326 e. The highest BCUT2D eigenvalue weighted by Crippen LogP contribution is 2.40. The van der Waals surface area contributed by atoms with E-state index in [9.17, 15) is 33.9 Å². The molecule has 1 heterocycles. The summed E-state index contributed by atoms with van der Waals surface area (Å²) in [7, 11) is 0. The van der Waals surface area contributed by atoms with Crippen molar-refractivity contribution in [3.63, 3.8) is 0 Å². The quantitative estimate of drug-likeness (QED) is 0.0186. The van der Waals surface area contributed by atoms with Crippen LogP contribution in [0.15, 0.2) is 9.98 Å². The summed E-state index contributed by atoms with van der Waals surface area (Å²) in [6.07, 6.45) is 7.06. The zero-order valence-corrected chi connectivity index (χ0v) is 33.2. The van der Waals surface area contributed by atoms with Crippen molar-refractivity contribution in [3.05, 3.63) is 0 Å². The Labute approximate surface area is 334 Å². The van der Waals surface area contributed by atoms with Crippen LogP contribution in [0.5, 0.6) is 0 Å². The van der Waals surface area contributed by atoms with Crippen LogP contribution in [0.2, 0.25) is 0 Å². The van der Waals surface area contributed by atoms with Crippen LogP contribution in [0.1, 0.15) is 96.3 Å². The van der Waals surface area contributed by atoms with Crippen LogP contribution in [0.3, 0.4) is 0 Å². The second-order valence-electron chi connectivity index (χ2n) is 14.4. The largest absolute Gasteiger partial charge is 0.480 e. The number of nitrogens with two attached hydrogens (primary N) is 6. The van der Waals surface area contributed by atoms with E-state index < -0.39 is 59.8 Å². The van der Waals surface area contributed by atoms with Gasteiger partial charge in [-0.25, -0.2) is 4.79 Å². The fourth-order valence-electron chi connectivity index (χ4n) is 7.18. The van der Waals surface area contributed by atoms with E-state index >= 15 is 0 Å². The van der Waals surface area contributed by atoms with Crippen LogP contribution < -0.4 is 55.7 Å². The summed E-state index contributed by atoms with van der Waals surface area (Å²) in [6.45, 7) is 0.981. The molecule has 1 aliphatic carbocycles. The number of hydrogen-bond donors (Lipinski definition) is 12. The highest BCUT2D eigenvalue weighted by atomic mass is 32.1. The summed E-state index contributed by atoms with van der Waals surface area (Å²) in [5.41, 5.74) is 33.3. The molecule has 0 bridgehead atoms.